The van der Waals surface area contributed by atoms with Crippen molar-refractivity contribution in [3.05, 3.63) is 54.1 Å². The molecule has 156 valence electrons. The lowest BCUT2D eigenvalue weighted by Gasteiger charge is -2.09. The summed E-state index contributed by atoms with van der Waals surface area (Å²) in [6, 6.07) is 9.30. The van der Waals surface area contributed by atoms with Crippen LogP contribution in [0.1, 0.15) is 10.4 Å². The fourth-order valence-electron chi connectivity index (χ4n) is 2.63. The van der Waals surface area contributed by atoms with Crippen LogP contribution in [-0.4, -0.2) is 42.1 Å². The Morgan fingerprint density at radius 2 is 1.53 bits per heavy atom. The minimum Gasteiger partial charge on any atom is -0.504 e. The van der Waals surface area contributed by atoms with Crippen LogP contribution in [0.2, 0.25) is 0 Å². The Hall–Kier alpha value is -3.39. The summed E-state index contributed by atoms with van der Waals surface area (Å²) in [5, 5.41) is 26.9. The second kappa shape index (κ2) is 7.46. The Morgan fingerprint density at radius 1 is 0.867 bits per heavy atom. The maximum Gasteiger partial charge on any atom is 0.337 e. The van der Waals surface area contributed by atoms with Crippen LogP contribution in [0.4, 0.5) is 11.4 Å². The van der Waals surface area contributed by atoms with Gasteiger partial charge in [-0.25, -0.2) is 4.79 Å². The number of rotatable bonds is 5. The second-order valence-corrected chi connectivity index (χ2v) is 8.74. The van der Waals surface area contributed by atoms with Gasteiger partial charge in [0, 0.05) is 5.39 Å². The molecule has 0 aliphatic carbocycles. The number of aromatic hydroxyl groups is 1. The lowest BCUT2D eigenvalue weighted by Crippen LogP contribution is -2.00. The van der Waals surface area contributed by atoms with Crippen LogP contribution in [-0.2, 0) is 20.2 Å². The van der Waals surface area contributed by atoms with E-state index in [1.54, 1.807) is 0 Å². The van der Waals surface area contributed by atoms with Gasteiger partial charge in [0.15, 0.2) is 5.75 Å². The maximum absolute atomic E-state index is 11.6. The average Bonchev–Trinajstić information content (AvgIpc) is 2.65. The van der Waals surface area contributed by atoms with E-state index in [9.17, 15) is 40.9 Å². The molecule has 0 aliphatic rings. The molecule has 11 nitrogen and oxygen atoms in total. The standard InChI is InChI=1S/C17H12N2O9S2/c20-16-14(30(26,27)28)8-9-7-10(29(23,24)25)5-6-11(9)15(16)19-18-13-4-2-1-3-12(13)17(21)22/h1-8,20H,(H,21,22)(H,23,24,25)(H,26,27,28)/b19-18+. The second-order valence-electron chi connectivity index (χ2n) is 5.93. The number of phenols is 1. The molecule has 0 aromatic heterocycles. The van der Waals surface area contributed by atoms with Crippen LogP contribution in [0.5, 0.6) is 5.75 Å². The summed E-state index contributed by atoms with van der Waals surface area (Å²) in [6.07, 6.45) is 0. The topological polar surface area (TPSA) is 191 Å². The third-order valence-electron chi connectivity index (χ3n) is 3.99. The first-order valence-electron chi connectivity index (χ1n) is 7.88. The number of phenolic OH excluding ortho intramolecular Hbond substituents is 1. The molecule has 0 aliphatic heterocycles. The molecule has 3 aromatic rings. The quantitative estimate of drug-likeness (QED) is 0.332. The van der Waals surface area contributed by atoms with E-state index in [0.717, 1.165) is 24.3 Å². The molecule has 0 atom stereocenters. The van der Waals surface area contributed by atoms with E-state index >= 15 is 0 Å². The van der Waals surface area contributed by atoms with Crippen LogP contribution >= 0.6 is 0 Å². The van der Waals surface area contributed by atoms with Gasteiger partial charge >= 0.3 is 5.97 Å². The van der Waals surface area contributed by atoms with Crippen molar-refractivity contribution in [3.63, 3.8) is 0 Å². The molecule has 0 saturated carbocycles. The highest BCUT2D eigenvalue weighted by Crippen LogP contribution is 2.42. The third-order valence-corrected chi connectivity index (χ3v) is 5.71. The van der Waals surface area contributed by atoms with Gasteiger partial charge in [-0.1, -0.05) is 18.2 Å². The molecule has 0 bridgehead atoms. The summed E-state index contributed by atoms with van der Waals surface area (Å²) in [6.45, 7) is 0. The lowest BCUT2D eigenvalue weighted by atomic mass is 10.1. The molecule has 0 radical (unpaired) electrons. The molecular formula is C17H12N2O9S2. The third kappa shape index (κ3) is 4.13. The molecule has 0 amide bonds. The monoisotopic (exact) mass is 452 g/mol. The van der Waals surface area contributed by atoms with E-state index in [-0.39, 0.29) is 22.0 Å². The number of carboxylic acids is 1. The van der Waals surface area contributed by atoms with Crippen LogP contribution in [0, 0.1) is 0 Å². The van der Waals surface area contributed by atoms with Crippen LogP contribution < -0.4 is 0 Å². The summed E-state index contributed by atoms with van der Waals surface area (Å²) < 4.78 is 64.6. The normalized spacial score (nSPS) is 12.5. The van der Waals surface area contributed by atoms with Gasteiger partial charge in [-0.2, -0.15) is 16.8 Å². The molecule has 13 heteroatoms. The highest BCUT2D eigenvalue weighted by molar-refractivity contribution is 7.86. The van der Waals surface area contributed by atoms with Crippen molar-refractivity contribution in [2.45, 2.75) is 9.79 Å². The number of hydrogen-bond acceptors (Lipinski definition) is 8. The number of nitrogens with zero attached hydrogens (tertiary/aromatic N) is 2. The number of aromatic carboxylic acids is 1. The Kier molecular flexibility index (Phi) is 5.30. The van der Waals surface area contributed by atoms with Gasteiger partial charge in [0.1, 0.15) is 16.3 Å². The zero-order chi connectivity index (χ0) is 22.3. The Morgan fingerprint density at radius 3 is 2.13 bits per heavy atom. The minimum absolute atomic E-state index is 0.0175. The van der Waals surface area contributed by atoms with Gasteiger partial charge in [0.25, 0.3) is 20.2 Å². The zero-order valence-corrected chi connectivity index (χ0v) is 16.3. The van der Waals surface area contributed by atoms with Crippen molar-refractivity contribution < 1.29 is 40.9 Å². The summed E-state index contributed by atoms with van der Waals surface area (Å²) >= 11 is 0. The lowest BCUT2D eigenvalue weighted by molar-refractivity contribution is 0.0697. The molecule has 0 saturated heterocycles. The molecular weight excluding hydrogens is 440 g/mol. The van der Waals surface area contributed by atoms with Crippen molar-refractivity contribution in [3.8, 4) is 5.75 Å². The summed E-state index contributed by atoms with van der Waals surface area (Å²) in [5.41, 5.74) is -0.795. The predicted octanol–water partition coefficient (Wildman–Crippen LogP) is 3.15. The summed E-state index contributed by atoms with van der Waals surface area (Å²) in [5.74, 6) is -2.29. The van der Waals surface area contributed by atoms with Crippen LogP contribution in [0.3, 0.4) is 0 Å². The maximum atomic E-state index is 11.6. The molecule has 3 aromatic carbocycles. The van der Waals surface area contributed by atoms with Crippen molar-refractivity contribution in [1.29, 1.82) is 0 Å². The van der Waals surface area contributed by atoms with Crippen molar-refractivity contribution in [2.24, 2.45) is 10.2 Å². The fraction of sp³-hybridized carbons (Fsp3) is 0. The number of azo groups is 1. The Balaban J connectivity index is 2.33. The van der Waals surface area contributed by atoms with E-state index in [2.05, 4.69) is 10.2 Å². The van der Waals surface area contributed by atoms with E-state index < -0.39 is 47.4 Å². The van der Waals surface area contributed by atoms with Crippen molar-refractivity contribution in [1.82, 2.24) is 0 Å². The van der Waals surface area contributed by atoms with E-state index in [0.29, 0.717) is 0 Å². The van der Waals surface area contributed by atoms with Gasteiger partial charge < -0.3 is 10.2 Å². The SMILES string of the molecule is O=C(O)c1ccccc1/N=N/c1c(O)c(S(=O)(=O)O)cc2cc(S(=O)(=O)O)ccc12. The van der Waals surface area contributed by atoms with Crippen LogP contribution in [0.25, 0.3) is 10.8 Å². The number of carboxylic acid groups (broad SMARTS) is 1. The summed E-state index contributed by atoms with van der Waals surface area (Å²) in [4.78, 5) is 9.73. The average molecular weight is 452 g/mol. The minimum atomic E-state index is -4.96. The highest BCUT2D eigenvalue weighted by Gasteiger charge is 2.23. The molecule has 4 N–H and O–H groups in total. The fourth-order valence-corrected chi connectivity index (χ4v) is 3.77. The largest absolute Gasteiger partial charge is 0.504 e. The van der Waals surface area contributed by atoms with Gasteiger partial charge in [0.05, 0.1) is 10.5 Å². The number of hydrogen-bond donors (Lipinski definition) is 4. The van der Waals surface area contributed by atoms with Crippen LogP contribution in [0.15, 0.2) is 68.6 Å². The predicted molar refractivity (Wildman–Crippen MR) is 103 cm³/mol. The first-order valence-corrected chi connectivity index (χ1v) is 10.8. The Labute approximate surface area is 169 Å². The molecule has 30 heavy (non-hydrogen) atoms. The van der Waals surface area contributed by atoms with Crippen molar-refractivity contribution >= 4 is 48.4 Å². The van der Waals surface area contributed by atoms with Gasteiger partial charge in [-0.15, -0.1) is 10.2 Å². The highest BCUT2D eigenvalue weighted by atomic mass is 32.2. The van der Waals surface area contributed by atoms with E-state index in [4.69, 9.17) is 0 Å². The first kappa shape index (κ1) is 21.3. The number of benzene rings is 3. The van der Waals surface area contributed by atoms with Gasteiger partial charge in [0.2, 0.25) is 0 Å². The number of fused-ring (bicyclic) bond motifs is 1. The van der Waals surface area contributed by atoms with Gasteiger partial charge in [-0.05, 0) is 35.7 Å². The first-order chi connectivity index (χ1) is 13.9. The molecule has 3 rings (SSSR count). The molecule has 0 fully saturated rings. The zero-order valence-electron chi connectivity index (χ0n) is 14.7. The molecule has 0 heterocycles. The summed E-state index contributed by atoms with van der Waals surface area (Å²) in [7, 11) is -9.59. The smallest absolute Gasteiger partial charge is 0.337 e. The van der Waals surface area contributed by atoms with E-state index in [1.165, 1.54) is 24.3 Å². The van der Waals surface area contributed by atoms with E-state index in [1.807, 2.05) is 0 Å². The molecule has 0 unspecified atom stereocenters. The molecule has 0 spiro atoms. The Bertz CT molecular complexity index is 1430. The number of carbonyl (C=O) groups is 1. The van der Waals surface area contributed by atoms with Crippen molar-refractivity contribution in [2.75, 3.05) is 0 Å². The van der Waals surface area contributed by atoms with Gasteiger partial charge in [-0.3, -0.25) is 9.11 Å².